The molecular formula is C17H34N2. The van der Waals surface area contributed by atoms with Gasteiger partial charge in [0.1, 0.15) is 0 Å². The van der Waals surface area contributed by atoms with Crippen LogP contribution in [0.1, 0.15) is 72.1 Å². The van der Waals surface area contributed by atoms with E-state index in [4.69, 9.17) is 0 Å². The summed E-state index contributed by atoms with van der Waals surface area (Å²) < 4.78 is 0. The molecule has 2 nitrogen and oxygen atoms in total. The van der Waals surface area contributed by atoms with Crippen molar-refractivity contribution in [1.29, 1.82) is 0 Å². The molecule has 2 aliphatic rings. The van der Waals surface area contributed by atoms with Crippen molar-refractivity contribution < 1.29 is 0 Å². The predicted octanol–water partition coefficient (Wildman–Crippen LogP) is 3.81. The van der Waals surface area contributed by atoms with Gasteiger partial charge in [0.25, 0.3) is 0 Å². The van der Waals surface area contributed by atoms with Gasteiger partial charge in [0.2, 0.25) is 0 Å². The van der Waals surface area contributed by atoms with Gasteiger partial charge in [0, 0.05) is 31.2 Å². The molecule has 19 heavy (non-hydrogen) atoms. The molecule has 1 saturated heterocycles. The van der Waals surface area contributed by atoms with Gasteiger partial charge in [-0.1, -0.05) is 52.9 Å². The highest BCUT2D eigenvalue weighted by atomic mass is 15.3. The Labute approximate surface area is 120 Å². The largest absolute Gasteiger partial charge is 0.311 e. The molecule has 0 bridgehead atoms. The Morgan fingerprint density at radius 3 is 2.58 bits per heavy atom. The fourth-order valence-electron chi connectivity index (χ4n) is 3.99. The molecular weight excluding hydrogens is 232 g/mol. The van der Waals surface area contributed by atoms with Gasteiger partial charge >= 0.3 is 0 Å². The topological polar surface area (TPSA) is 15.3 Å². The third-order valence-electron chi connectivity index (χ3n) is 5.48. The number of nitrogens with zero attached hydrogens (tertiary/aromatic N) is 1. The minimum atomic E-state index is 0.506. The van der Waals surface area contributed by atoms with Crippen LogP contribution in [0, 0.1) is 5.92 Å². The molecule has 0 aromatic rings. The molecule has 1 aliphatic heterocycles. The van der Waals surface area contributed by atoms with Gasteiger partial charge in [0.05, 0.1) is 0 Å². The highest BCUT2D eigenvalue weighted by Gasteiger charge is 2.41. The Morgan fingerprint density at radius 2 is 1.95 bits per heavy atom. The third-order valence-corrected chi connectivity index (χ3v) is 5.48. The van der Waals surface area contributed by atoms with E-state index in [9.17, 15) is 0 Å². The van der Waals surface area contributed by atoms with Crippen LogP contribution in [-0.2, 0) is 0 Å². The van der Waals surface area contributed by atoms with Gasteiger partial charge in [0.15, 0.2) is 0 Å². The van der Waals surface area contributed by atoms with Gasteiger partial charge in [-0.15, -0.1) is 0 Å². The van der Waals surface area contributed by atoms with E-state index in [2.05, 4.69) is 31.0 Å². The zero-order chi connectivity index (χ0) is 13.7. The maximum Gasteiger partial charge on any atom is 0.0334 e. The van der Waals surface area contributed by atoms with Crippen molar-refractivity contribution in [3.05, 3.63) is 0 Å². The molecule has 1 spiro atoms. The van der Waals surface area contributed by atoms with Crippen LogP contribution in [0.3, 0.4) is 0 Å². The molecule has 2 fully saturated rings. The van der Waals surface area contributed by atoms with Crippen molar-refractivity contribution in [3.8, 4) is 0 Å². The monoisotopic (exact) mass is 266 g/mol. The standard InChI is InChI=1S/C17H34N2/c1-4-9-16-13-19(12-15(3)5-2)17(14-18-16)10-7-6-8-11-17/h15-16,18H,4-14H2,1-3H3. The zero-order valence-electron chi connectivity index (χ0n) is 13.4. The fraction of sp³-hybridized carbons (Fsp3) is 1.00. The predicted molar refractivity (Wildman–Crippen MR) is 83.5 cm³/mol. The molecule has 1 saturated carbocycles. The quantitative estimate of drug-likeness (QED) is 0.814. The van der Waals surface area contributed by atoms with Crippen molar-refractivity contribution in [2.45, 2.75) is 83.7 Å². The first-order valence-corrected chi connectivity index (χ1v) is 8.68. The smallest absolute Gasteiger partial charge is 0.0334 e. The first-order chi connectivity index (χ1) is 9.20. The lowest BCUT2D eigenvalue weighted by atomic mass is 9.77. The van der Waals surface area contributed by atoms with Gasteiger partial charge in [-0.3, -0.25) is 4.90 Å². The van der Waals surface area contributed by atoms with Crippen LogP contribution >= 0.6 is 0 Å². The van der Waals surface area contributed by atoms with Crippen LogP contribution in [0.2, 0.25) is 0 Å². The zero-order valence-corrected chi connectivity index (χ0v) is 13.4. The second-order valence-electron chi connectivity index (χ2n) is 7.07. The summed E-state index contributed by atoms with van der Waals surface area (Å²) in [6, 6.07) is 0.738. The van der Waals surface area contributed by atoms with Crippen molar-refractivity contribution in [3.63, 3.8) is 0 Å². The second-order valence-corrected chi connectivity index (χ2v) is 7.07. The van der Waals surface area contributed by atoms with E-state index in [0.717, 1.165) is 12.0 Å². The molecule has 2 heteroatoms. The number of piperazine rings is 1. The maximum absolute atomic E-state index is 3.86. The molecule has 0 amide bonds. The van der Waals surface area contributed by atoms with Crippen LogP contribution < -0.4 is 5.32 Å². The van der Waals surface area contributed by atoms with E-state index in [0.29, 0.717) is 5.54 Å². The lowest BCUT2D eigenvalue weighted by molar-refractivity contribution is -0.00137. The van der Waals surface area contributed by atoms with Crippen molar-refractivity contribution >= 4 is 0 Å². The van der Waals surface area contributed by atoms with Crippen molar-refractivity contribution in [2.75, 3.05) is 19.6 Å². The highest BCUT2D eigenvalue weighted by Crippen LogP contribution is 2.36. The summed E-state index contributed by atoms with van der Waals surface area (Å²) in [5.41, 5.74) is 0.506. The Hall–Kier alpha value is -0.0800. The van der Waals surface area contributed by atoms with Crippen LogP contribution in [0.4, 0.5) is 0 Å². The summed E-state index contributed by atoms with van der Waals surface area (Å²) in [5.74, 6) is 0.846. The average Bonchev–Trinajstić information content (AvgIpc) is 2.44. The number of hydrogen-bond donors (Lipinski definition) is 1. The molecule has 2 rings (SSSR count). The van der Waals surface area contributed by atoms with E-state index in [-0.39, 0.29) is 0 Å². The molecule has 1 N–H and O–H groups in total. The number of hydrogen-bond acceptors (Lipinski definition) is 2. The van der Waals surface area contributed by atoms with Crippen LogP contribution in [0.25, 0.3) is 0 Å². The molecule has 1 heterocycles. The van der Waals surface area contributed by atoms with Crippen LogP contribution in [0.5, 0.6) is 0 Å². The summed E-state index contributed by atoms with van der Waals surface area (Å²) in [6.45, 7) is 10.9. The molecule has 0 aromatic carbocycles. The first-order valence-electron chi connectivity index (χ1n) is 8.68. The molecule has 0 radical (unpaired) electrons. The summed E-state index contributed by atoms with van der Waals surface area (Å²) >= 11 is 0. The summed E-state index contributed by atoms with van der Waals surface area (Å²) in [7, 11) is 0. The van der Waals surface area contributed by atoms with E-state index >= 15 is 0 Å². The van der Waals surface area contributed by atoms with Crippen LogP contribution in [0.15, 0.2) is 0 Å². The van der Waals surface area contributed by atoms with Crippen molar-refractivity contribution in [2.24, 2.45) is 5.92 Å². The summed E-state index contributed by atoms with van der Waals surface area (Å²) in [5, 5.41) is 3.86. The Morgan fingerprint density at radius 1 is 1.21 bits per heavy atom. The lowest BCUT2D eigenvalue weighted by Crippen LogP contribution is -2.65. The molecule has 0 aromatic heterocycles. The van der Waals surface area contributed by atoms with Crippen LogP contribution in [-0.4, -0.2) is 36.1 Å². The summed E-state index contributed by atoms with van der Waals surface area (Å²) in [6.07, 6.45) is 11.2. The number of nitrogens with one attached hydrogen (secondary N) is 1. The van der Waals surface area contributed by atoms with E-state index in [1.807, 2.05) is 0 Å². The van der Waals surface area contributed by atoms with Gasteiger partial charge in [-0.05, 0) is 25.2 Å². The van der Waals surface area contributed by atoms with E-state index in [1.54, 1.807) is 0 Å². The Bertz CT molecular complexity index is 258. The molecule has 2 unspecified atom stereocenters. The van der Waals surface area contributed by atoms with E-state index < -0.39 is 0 Å². The SMILES string of the molecule is CCCC1CN(CC(C)CC)C2(CCCCC2)CN1. The van der Waals surface area contributed by atoms with Gasteiger partial charge in [-0.2, -0.15) is 0 Å². The average molecular weight is 266 g/mol. The Balaban J connectivity index is 2.03. The van der Waals surface area contributed by atoms with Gasteiger partial charge in [-0.25, -0.2) is 0 Å². The van der Waals surface area contributed by atoms with E-state index in [1.165, 1.54) is 71.0 Å². The summed E-state index contributed by atoms with van der Waals surface area (Å²) in [4.78, 5) is 2.89. The Kier molecular flexibility index (Phi) is 5.70. The minimum absolute atomic E-state index is 0.506. The molecule has 1 aliphatic carbocycles. The molecule has 2 atom stereocenters. The lowest BCUT2D eigenvalue weighted by Gasteiger charge is -2.53. The number of rotatable bonds is 5. The first kappa shape index (κ1) is 15.3. The normalized spacial score (nSPS) is 29.5. The second kappa shape index (κ2) is 7.08. The third kappa shape index (κ3) is 3.72. The fourth-order valence-corrected chi connectivity index (χ4v) is 3.99. The van der Waals surface area contributed by atoms with Gasteiger partial charge < -0.3 is 5.32 Å². The maximum atomic E-state index is 3.86. The molecule has 112 valence electrons. The minimum Gasteiger partial charge on any atom is -0.311 e. The highest BCUT2D eigenvalue weighted by molar-refractivity contribution is 5.00. The van der Waals surface area contributed by atoms with Crippen molar-refractivity contribution in [1.82, 2.24) is 10.2 Å².